The summed E-state index contributed by atoms with van der Waals surface area (Å²) in [6.45, 7) is 2.95. The molecule has 82 valence electrons. The van der Waals surface area contributed by atoms with E-state index in [2.05, 4.69) is 20.8 Å². The first-order valence-corrected chi connectivity index (χ1v) is 5.13. The molecular weight excluding hydrogens is 196 g/mol. The number of nitrogens with zero attached hydrogens (tertiary/aromatic N) is 2. The number of likely N-dealkylation sites (N-methyl/N-ethyl adjacent to an activating group) is 1. The zero-order valence-corrected chi connectivity index (χ0v) is 8.62. The van der Waals surface area contributed by atoms with Gasteiger partial charge in [-0.2, -0.15) is 0 Å². The van der Waals surface area contributed by atoms with Crippen LogP contribution in [-0.4, -0.2) is 29.2 Å². The lowest BCUT2D eigenvalue weighted by molar-refractivity contribution is -0.115. The Labute approximate surface area is 87.4 Å². The molecule has 1 aliphatic carbocycles. The predicted molar refractivity (Wildman–Crippen MR) is 53.4 cm³/mol. The Balaban J connectivity index is 1.84. The maximum absolute atomic E-state index is 11.3. The molecule has 2 rings (SSSR count). The van der Waals surface area contributed by atoms with E-state index in [1.54, 1.807) is 0 Å². The van der Waals surface area contributed by atoms with Crippen LogP contribution < -0.4 is 10.6 Å². The molecule has 0 radical (unpaired) electrons. The van der Waals surface area contributed by atoms with Crippen molar-refractivity contribution in [2.75, 3.05) is 18.4 Å². The fourth-order valence-electron chi connectivity index (χ4n) is 1.18. The van der Waals surface area contributed by atoms with Crippen LogP contribution in [-0.2, 0) is 4.79 Å². The molecule has 0 bridgehead atoms. The highest BCUT2D eigenvalue weighted by molar-refractivity contribution is 5.90. The Morgan fingerprint density at radius 1 is 1.53 bits per heavy atom. The third kappa shape index (κ3) is 2.76. The number of carbonyl (C=O) groups is 1. The second-order valence-corrected chi connectivity index (χ2v) is 3.55. The number of rotatable bonds is 5. The number of nitrogens with one attached hydrogen (secondary N) is 2. The van der Waals surface area contributed by atoms with Gasteiger partial charge in [0.2, 0.25) is 11.8 Å². The van der Waals surface area contributed by atoms with Crippen LogP contribution in [0, 0.1) is 0 Å². The average molecular weight is 210 g/mol. The topological polar surface area (TPSA) is 80.0 Å². The van der Waals surface area contributed by atoms with Gasteiger partial charge in [0, 0.05) is 5.92 Å². The molecule has 6 heteroatoms. The van der Waals surface area contributed by atoms with Gasteiger partial charge in [0.05, 0.1) is 6.54 Å². The number of amides is 1. The number of carbonyl (C=O) groups excluding carboxylic acids is 1. The molecule has 6 nitrogen and oxygen atoms in total. The number of hydrogen-bond acceptors (Lipinski definition) is 5. The lowest BCUT2D eigenvalue weighted by atomic mass is 10.4. The molecular formula is C9H14N4O2. The minimum Gasteiger partial charge on any atom is -0.408 e. The second-order valence-electron chi connectivity index (χ2n) is 3.55. The highest BCUT2D eigenvalue weighted by Gasteiger charge is 2.29. The minimum atomic E-state index is -0.164. The van der Waals surface area contributed by atoms with Crippen molar-refractivity contribution >= 4 is 11.9 Å². The van der Waals surface area contributed by atoms with Crippen LogP contribution in [0.1, 0.15) is 31.6 Å². The lowest BCUT2D eigenvalue weighted by Crippen LogP contribution is -2.27. The second kappa shape index (κ2) is 4.39. The smallest absolute Gasteiger partial charge is 0.322 e. The van der Waals surface area contributed by atoms with Crippen molar-refractivity contribution < 1.29 is 9.21 Å². The highest BCUT2D eigenvalue weighted by Crippen LogP contribution is 2.39. The van der Waals surface area contributed by atoms with Crippen molar-refractivity contribution in [3.05, 3.63) is 5.89 Å². The fourth-order valence-corrected chi connectivity index (χ4v) is 1.18. The van der Waals surface area contributed by atoms with Gasteiger partial charge in [-0.15, -0.1) is 5.10 Å². The van der Waals surface area contributed by atoms with Gasteiger partial charge in [-0.05, 0) is 19.4 Å². The normalized spacial score (nSPS) is 15.3. The lowest BCUT2D eigenvalue weighted by Gasteiger charge is -1.99. The van der Waals surface area contributed by atoms with Crippen LogP contribution in [0.25, 0.3) is 0 Å². The van der Waals surface area contributed by atoms with Crippen LogP contribution in [0.4, 0.5) is 6.01 Å². The molecule has 1 aliphatic rings. The first-order valence-electron chi connectivity index (χ1n) is 5.13. The molecule has 1 saturated carbocycles. The van der Waals surface area contributed by atoms with E-state index in [9.17, 15) is 4.79 Å². The number of hydrogen-bond donors (Lipinski definition) is 2. The summed E-state index contributed by atoms with van der Waals surface area (Å²) in [5, 5.41) is 13.1. The molecule has 1 amide bonds. The maximum Gasteiger partial charge on any atom is 0.322 e. The molecule has 0 saturated heterocycles. The molecule has 1 aromatic rings. The van der Waals surface area contributed by atoms with Crippen molar-refractivity contribution in [1.82, 2.24) is 15.5 Å². The average Bonchev–Trinajstić information content (AvgIpc) is 2.98. The van der Waals surface area contributed by atoms with Crippen molar-refractivity contribution in [3.8, 4) is 0 Å². The van der Waals surface area contributed by atoms with Gasteiger partial charge in [0.25, 0.3) is 0 Å². The van der Waals surface area contributed by atoms with Crippen LogP contribution in [0.5, 0.6) is 0 Å². The van der Waals surface area contributed by atoms with Gasteiger partial charge in [-0.1, -0.05) is 12.0 Å². The summed E-state index contributed by atoms with van der Waals surface area (Å²) >= 11 is 0. The van der Waals surface area contributed by atoms with Gasteiger partial charge in [0.1, 0.15) is 0 Å². The minimum absolute atomic E-state index is 0.164. The first-order chi connectivity index (χ1) is 7.29. The Morgan fingerprint density at radius 3 is 3.00 bits per heavy atom. The fraction of sp³-hybridized carbons (Fsp3) is 0.667. The van der Waals surface area contributed by atoms with E-state index in [-0.39, 0.29) is 18.5 Å². The van der Waals surface area contributed by atoms with Crippen LogP contribution in [0.2, 0.25) is 0 Å². The van der Waals surface area contributed by atoms with E-state index in [0.29, 0.717) is 11.8 Å². The Hall–Kier alpha value is -1.43. The molecule has 15 heavy (non-hydrogen) atoms. The molecule has 0 spiro atoms. The monoisotopic (exact) mass is 210 g/mol. The summed E-state index contributed by atoms with van der Waals surface area (Å²) in [4.78, 5) is 11.3. The SMILES string of the molecule is CCNCC(=O)Nc1nnc(C2CC2)o1. The summed E-state index contributed by atoms with van der Waals surface area (Å²) in [6, 6.07) is 0.194. The van der Waals surface area contributed by atoms with Gasteiger partial charge in [-0.25, -0.2) is 0 Å². The Bertz CT molecular complexity index is 346. The summed E-state index contributed by atoms with van der Waals surface area (Å²) in [5.41, 5.74) is 0. The van der Waals surface area contributed by atoms with Crippen molar-refractivity contribution in [2.45, 2.75) is 25.7 Å². The molecule has 0 unspecified atom stereocenters. The summed E-state index contributed by atoms with van der Waals surface area (Å²) < 4.78 is 5.28. The standard InChI is InChI=1S/C9H14N4O2/c1-2-10-5-7(14)11-9-13-12-8(15-9)6-3-4-6/h6,10H,2-5H2,1H3,(H,11,13,14). The van der Waals surface area contributed by atoms with E-state index in [1.165, 1.54) is 0 Å². The Morgan fingerprint density at radius 2 is 2.33 bits per heavy atom. The number of aromatic nitrogens is 2. The molecule has 1 aromatic heterocycles. The summed E-state index contributed by atoms with van der Waals surface area (Å²) in [5.74, 6) is 0.883. The van der Waals surface area contributed by atoms with E-state index >= 15 is 0 Å². The van der Waals surface area contributed by atoms with E-state index in [0.717, 1.165) is 19.4 Å². The third-order valence-electron chi connectivity index (χ3n) is 2.15. The highest BCUT2D eigenvalue weighted by atomic mass is 16.4. The van der Waals surface area contributed by atoms with E-state index in [4.69, 9.17) is 4.42 Å². The molecule has 0 aliphatic heterocycles. The molecule has 1 heterocycles. The van der Waals surface area contributed by atoms with E-state index < -0.39 is 0 Å². The van der Waals surface area contributed by atoms with Gasteiger partial charge in [-0.3, -0.25) is 10.1 Å². The van der Waals surface area contributed by atoms with Crippen LogP contribution >= 0.6 is 0 Å². The largest absolute Gasteiger partial charge is 0.408 e. The third-order valence-corrected chi connectivity index (χ3v) is 2.15. The van der Waals surface area contributed by atoms with Crippen molar-refractivity contribution in [3.63, 3.8) is 0 Å². The predicted octanol–water partition coefficient (Wildman–Crippen LogP) is 0.495. The van der Waals surface area contributed by atoms with Crippen LogP contribution in [0.3, 0.4) is 0 Å². The van der Waals surface area contributed by atoms with Gasteiger partial charge >= 0.3 is 6.01 Å². The molecule has 1 fully saturated rings. The molecule has 2 N–H and O–H groups in total. The summed E-state index contributed by atoms with van der Waals surface area (Å²) in [6.07, 6.45) is 2.21. The molecule has 0 atom stereocenters. The zero-order valence-electron chi connectivity index (χ0n) is 8.62. The Kier molecular flexibility index (Phi) is 2.96. The summed E-state index contributed by atoms with van der Waals surface area (Å²) in [7, 11) is 0. The van der Waals surface area contributed by atoms with Crippen molar-refractivity contribution in [2.24, 2.45) is 0 Å². The van der Waals surface area contributed by atoms with Crippen LogP contribution in [0.15, 0.2) is 4.42 Å². The zero-order chi connectivity index (χ0) is 10.7. The van der Waals surface area contributed by atoms with Crippen molar-refractivity contribution in [1.29, 1.82) is 0 Å². The first kappa shape index (κ1) is 10.1. The maximum atomic E-state index is 11.3. The molecule has 0 aromatic carbocycles. The van der Waals surface area contributed by atoms with Gasteiger partial charge in [0.15, 0.2) is 0 Å². The quantitative estimate of drug-likeness (QED) is 0.739. The number of anilines is 1. The van der Waals surface area contributed by atoms with Gasteiger partial charge < -0.3 is 9.73 Å². The van der Waals surface area contributed by atoms with E-state index in [1.807, 2.05) is 6.92 Å².